The Bertz CT molecular complexity index is 769. The second-order valence-corrected chi connectivity index (χ2v) is 6.25. The zero-order valence-electron chi connectivity index (χ0n) is 12.1. The fourth-order valence-electron chi connectivity index (χ4n) is 2.43. The van der Waals surface area contributed by atoms with E-state index < -0.39 is 0 Å². The van der Waals surface area contributed by atoms with Crippen molar-refractivity contribution in [2.75, 3.05) is 11.9 Å². The number of halogens is 1. The van der Waals surface area contributed by atoms with Gasteiger partial charge in [-0.1, -0.05) is 24.3 Å². The van der Waals surface area contributed by atoms with Crippen molar-refractivity contribution in [3.8, 4) is 0 Å². The van der Waals surface area contributed by atoms with Gasteiger partial charge in [0, 0.05) is 16.5 Å². The molecule has 2 aromatic carbocycles. The summed E-state index contributed by atoms with van der Waals surface area (Å²) in [4.78, 5) is 37.6. The lowest BCUT2D eigenvalue weighted by molar-refractivity contribution is -0.116. The lowest BCUT2D eigenvalue weighted by Gasteiger charge is -2.13. The molecule has 1 aliphatic heterocycles. The molecular formula is C17H13IN2O3. The van der Waals surface area contributed by atoms with Gasteiger partial charge in [-0.2, -0.15) is 0 Å². The van der Waals surface area contributed by atoms with Crippen molar-refractivity contribution in [1.29, 1.82) is 0 Å². The SMILES string of the molecule is O=C(CCN1C(=O)c2ccccc2C1=O)Nc1ccccc1I. The number of carbonyl (C=O) groups excluding carboxylic acids is 3. The highest BCUT2D eigenvalue weighted by Gasteiger charge is 2.34. The van der Waals surface area contributed by atoms with Crippen LogP contribution in [-0.2, 0) is 4.79 Å². The minimum Gasteiger partial charge on any atom is -0.325 e. The number of anilines is 1. The highest BCUT2D eigenvalue weighted by Crippen LogP contribution is 2.22. The average Bonchev–Trinajstić information content (AvgIpc) is 2.80. The van der Waals surface area contributed by atoms with Gasteiger partial charge in [-0.05, 0) is 46.9 Å². The molecule has 116 valence electrons. The number of nitrogens with one attached hydrogen (secondary N) is 1. The van der Waals surface area contributed by atoms with Crippen molar-refractivity contribution in [1.82, 2.24) is 4.90 Å². The van der Waals surface area contributed by atoms with Gasteiger partial charge >= 0.3 is 0 Å². The minimum atomic E-state index is -0.340. The van der Waals surface area contributed by atoms with Crippen molar-refractivity contribution in [3.05, 3.63) is 63.2 Å². The normalized spacial score (nSPS) is 13.2. The Hall–Kier alpha value is -2.22. The monoisotopic (exact) mass is 420 g/mol. The number of nitrogens with zero attached hydrogens (tertiary/aromatic N) is 1. The zero-order chi connectivity index (χ0) is 16.4. The van der Waals surface area contributed by atoms with Crippen LogP contribution in [0.5, 0.6) is 0 Å². The summed E-state index contributed by atoms with van der Waals surface area (Å²) in [5.74, 6) is -0.911. The highest BCUT2D eigenvalue weighted by molar-refractivity contribution is 14.1. The van der Waals surface area contributed by atoms with Crippen LogP contribution in [0, 0.1) is 3.57 Å². The van der Waals surface area contributed by atoms with E-state index in [4.69, 9.17) is 0 Å². The van der Waals surface area contributed by atoms with Gasteiger partial charge in [-0.15, -0.1) is 0 Å². The molecule has 0 aromatic heterocycles. The smallest absolute Gasteiger partial charge is 0.261 e. The summed E-state index contributed by atoms with van der Waals surface area (Å²) in [5.41, 5.74) is 1.52. The van der Waals surface area contributed by atoms with E-state index in [1.54, 1.807) is 24.3 Å². The van der Waals surface area contributed by atoms with E-state index in [0.717, 1.165) is 14.2 Å². The first kappa shape index (κ1) is 15.7. The van der Waals surface area contributed by atoms with Gasteiger partial charge in [0.15, 0.2) is 0 Å². The Morgan fingerprint density at radius 3 is 2.13 bits per heavy atom. The standard InChI is InChI=1S/C17H13IN2O3/c18-13-7-3-4-8-14(13)19-15(21)9-10-20-16(22)11-5-1-2-6-12(11)17(20)23/h1-8H,9-10H2,(H,19,21). The third kappa shape index (κ3) is 3.12. The molecule has 1 N–H and O–H groups in total. The molecule has 0 atom stereocenters. The van der Waals surface area contributed by atoms with E-state index in [1.807, 2.05) is 24.3 Å². The summed E-state index contributed by atoms with van der Waals surface area (Å²) in [6.07, 6.45) is 0.0659. The minimum absolute atomic E-state index is 0.0659. The largest absolute Gasteiger partial charge is 0.325 e. The number of amides is 3. The Labute approximate surface area is 146 Å². The zero-order valence-corrected chi connectivity index (χ0v) is 14.2. The van der Waals surface area contributed by atoms with E-state index >= 15 is 0 Å². The number of benzene rings is 2. The van der Waals surface area contributed by atoms with Crippen LogP contribution in [0.25, 0.3) is 0 Å². The van der Waals surface area contributed by atoms with Crippen LogP contribution in [0.15, 0.2) is 48.5 Å². The third-order valence-electron chi connectivity index (χ3n) is 3.59. The molecule has 0 fully saturated rings. The van der Waals surface area contributed by atoms with Crippen LogP contribution in [0.4, 0.5) is 5.69 Å². The van der Waals surface area contributed by atoms with Crippen LogP contribution >= 0.6 is 22.6 Å². The average molecular weight is 420 g/mol. The Morgan fingerprint density at radius 2 is 1.52 bits per heavy atom. The van der Waals surface area contributed by atoms with Gasteiger partial charge in [0.25, 0.3) is 11.8 Å². The fraction of sp³-hybridized carbons (Fsp3) is 0.118. The van der Waals surface area contributed by atoms with Crippen LogP contribution in [0.2, 0.25) is 0 Å². The number of rotatable bonds is 4. The maximum atomic E-state index is 12.2. The number of fused-ring (bicyclic) bond motifs is 1. The maximum absolute atomic E-state index is 12.2. The number of para-hydroxylation sites is 1. The molecule has 0 bridgehead atoms. The van der Waals surface area contributed by atoms with Crippen LogP contribution in [0.1, 0.15) is 27.1 Å². The molecule has 3 amide bonds. The van der Waals surface area contributed by atoms with Gasteiger partial charge in [0.1, 0.15) is 0 Å². The highest BCUT2D eigenvalue weighted by atomic mass is 127. The van der Waals surface area contributed by atoms with E-state index in [-0.39, 0.29) is 30.7 Å². The third-order valence-corrected chi connectivity index (χ3v) is 4.53. The lowest BCUT2D eigenvalue weighted by atomic mass is 10.1. The van der Waals surface area contributed by atoms with E-state index in [9.17, 15) is 14.4 Å². The number of imide groups is 1. The van der Waals surface area contributed by atoms with Gasteiger partial charge in [0.2, 0.25) is 5.91 Å². The lowest BCUT2D eigenvalue weighted by Crippen LogP contribution is -2.32. The molecule has 6 heteroatoms. The van der Waals surface area contributed by atoms with Gasteiger partial charge in [0.05, 0.1) is 16.8 Å². The Kier molecular flexibility index (Phi) is 4.42. The molecule has 0 spiro atoms. The predicted octanol–water partition coefficient (Wildman–Crippen LogP) is 2.92. The first-order valence-corrected chi connectivity index (χ1v) is 8.15. The Morgan fingerprint density at radius 1 is 0.957 bits per heavy atom. The fourth-order valence-corrected chi connectivity index (χ4v) is 2.95. The summed E-state index contributed by atoms with van der Waals surface area (Å²) in [7, 11) is 0. The van der Waals surface area contributed by atoms with Crippen molar-refractivity contribution >= 4 is 46.0 Å². The summed E-state index contributed by atoms with van der Waals surface area (Å²) >= 11 is 2.13. The van der Waals surface area contributed by atoms with Crippen molar-refractivity contribution in [2.24, 2.45) is 0 Å². The molecule has 5 nitrogen and oxygen atoms in total. The van der Waals surface area contributed by atoms with Gasteiger partial charge in [-0.3, -0.25) is 19.3 Å². The maximum Gasteiger partial charge on any atom is 0.261 e. The van der Waals surface area contributed by atoms with Crippen LogP contribution < -0.4 is 5.32 Å². The first-order valence-electron chi connectivity index (χ1n) is 7.07. The molecule has 0 unspecified atom stereocenters. The summed E-state index contributed by atoms with van der Waals surface area (Å²) in [5, 5.41) is 2.79. The van der Waals surface area contributed by atoms with Crippen molar-refractivity contribution < 1.29 is 14.4 Å². The second kappa shape index (κ2) is 6.49. The van der Waals surface area contributed by atoms with E-state index in [2.05, 4.69) is 27.9 Å². The van der Waals surface area contributed by atoms with Crippen LogP contribution in [0.3, 0.4) is 0 Å². The number of carbonyl (C=O) groups is 3. The molecule has 0 radical (unpaired) electrons. The molecule has 3 rings (SSSR count). The summed E-state index contributed by atoms with van der Waals surface area (Å²) < 4.78 is 0.930. The number of hydrogen-bond donors (Lipinski definition) is 1. The molecular weight excluding hydrogens is 407 g/mol. The van der Waals surface area contributed by atoms with Gasteiger partial charge in [-0.25, -0.2) is 0 Å². The predicted molar refractivity (Wildman–Crippen MR) is 94.2 cm³/mol. The van der Waals surface area contributed by atoms with Gasteiger partial charge < -0.3 is 5.32 Å². The molecule has 0 saturated heterocycles. The summed E-state index contributed by atoms with van der Waals surface area (Å²) in [6.45, 7) is 0.0710. The Balaban J connectivity index is 1.63. The first-order chi connectivity index (χ1) is 11.1. The second-order valence-electron chi connectivity index (χ2n) is 5.09. The van der Waals surface area contributed by atoms with Crippen molar-refractivity contribution in [2.45, 2.75) is 6.42 Å². The van der Waals surface area contributed by atoms with E-state index in [1.165, 1.54) is 0 Å². The van der Waals surface area contributed by atoms with Crippen molar-refractivity contribution in [3.63, 3.8) is 0 Å². The summed E-state index contributed by atoms with van der Waals surface area (Å²) in [6, 6.07) is 14.1. The molecule has 1 heterocycles. The van der Waals surface area contributed by atoms with Crippen LogP contribution in [-0.4, -0.2) is 29.2 Å². The number of hydrogen-bond acceptors (Lipinski definition) is 3. The molecule has 23 heavy (non-hydrogen) atoms. The molecule has 0 aliphatic carbocycles. The quantitative estimate of drug-likeness (QED) is 0.611. The molecule has 1 aliphatic rings. The molecule has 2 aromatic rings. The molecule has 0 saturated carbocycles. The van der Waals surface area contributed by atoms with E-state index in [0.29, 0.717) is 11.1 Å². The topological polar surface area (TPSA) is 66.5 Å².